The Kier molecular flexibility index (Phi) is 5.54. The number of hydrogen-bond donors (Lipinski definition) is 0. The van der Waals surface area contributed by atoms with Crippen molar-refractivity contribution in [3.05, 3.63) is 60.0 Å². The van der Waals surface area contributed by atoms with Crippen LogP contribution in [0.1, 0.15) is 23.2 Å². The molecule has 1 saturated heterocycles. The van der Waals surface area contributed by atoms with Crippen molar-refractivity contribution in [2.24, 2.45) is 0 Å². The highest BCUT2D eigenvalue weighted by Crippen LogP contribution is 2.14. The van der Waals surface area contributed by atoms with E-state index in [4.69, 9.17) is 0 Å². The first-order valence-electron chi connectivity index (χ1n) is 8.40. The standard InChI is InChI=1S/C19H22FN3O/c20-18-9-4-10-19(21-18)23-14-12-22(13-15-23)11-5-8-17(24)16-6-2-1-3-7-16/h1-4,6-7,9-10H,5,8,11-15H2. The molecule has 0 amide bonds. The van der Waals surface area contributed by atoms with Crippen molar-refractivity contribution in [3.8, 4) is 0 Å². The average molecular weight is 327 g/mol. The number of aromatic nitrogens is 1. The van der Waals surface area contributed by atoms with Gasteiger partial charge in [0.2, 0.25) is 5.95 Å². The Bertz CT molecular complexity index is 669. The minimum Gasteiger partial charge on any atom is -0.354 e. The van der Waals surface area contributed by atoms with Gasteiger partial charge in [0.05, 0.1) is 0 Å². The highest BCUT2D eigenvalue weighted by atomic mass is 19.1. The van der Waals surface area contributed by atoms with Gasteiger partial charge in [-0.2, -0.15) is 4.39 Å². The quantitative estimate of drug-likeness (QED) is 0.604. The summed E-state index contributed by atoms with van der Waals surface area (Å²) < 4.78 is 13.2. The minimum absolute atomic E-state index is 0.207. The first kappa shape index (κ1) is 16.6. The normalized spacial score (nSPS) is 15.5. The van der Waals surface area contributed by atoms with Crippen molar-refractivity contribution in [3.63, 3.8) is 0 Å². The molecule has 0 unspecified atom stereocenters. The maximum atomic E-state index is 13.2. The number of pyridine rings is 1. The molecule has 2 heterocycles. The Morgan fingerprint density at radius 2 is 1.75 bits per heavy atom. The van der Waals surface area contributed by atoms with E-state index in [0.29, 0.717) is 12.2 Å². The van der Waals surface area contributed by atoms with Gasteiger partial charge in [0, 0.05) is 38.2 Å². The van der Waals surface area contributed by atoms with Gasteiger partial charge in [0.15, 0.2) is 5.78 Å². The van der Waals surface area contributed by atoms with Crippen LogP contribution in [0.15, 0.2) is 48.5 Å². The maximum absolute atomic E-state index is 13.2. The monoisotopic (exact) mass is 327 g/mol. The molecule has 3 rings (SSSR count). The molecule has 0 N–H and O–H groups in total. The van der Waals surface area contributed by atoms with Gasteiger partial charge in [0.25, 0.3) is 0 Å². The van der Waals surface area contributed by atoms with E-state index in [2.05, 4.69) is 14.8 Å². The molecule has 24 heavy (non-hydrogen) atoms. The molecular weight excluding hydrogens is 305 g/mol. The molecular formula is C19H22FN3O. The molecule has 0 atom stereocenters. The predicted octanol–water partition coefficient (Wildman–Crippen LogP) is 3.01. The van der Waals surface area contributed by atoms with E-state index < -0.39 is 5.95 Å². The third kappa shape index (κ3) is 4.38. The zero-order valence-electron chi connectivity index (χ0n) is 13.7. The SMILES string of the molecule is O=C(CCCN1CCN(c2cccc(F)n2)CC1)c1ccccc1. The summed E-state index contributed by atoms with van der Waals surface area (Å²) in [4.78, 5) is 20.5. The van der Waals surface area contributed by atoms with Crippen molar-refractivity contribution in [1.29, 1.82) is 0 Å². The summed E-state index contributed by atoms with van der Waals surface area (Å²) in [5.41, 5.74) is 0.791. The molecule has 1 aromatic heterocycles. The third-order valence-electron chi connectivity index (χ3n) is 4.37. The van der Waals surface area contributed by atoms with E-state index in [1.54, 1.807) is 6.07 Å². The van der Waals surface area contributed by atoms with Crippen LogP contribution >= 0.6 is 0 Å². The minimum atomic E-state index is -0.436. The van der Waals surface area contributed by atoms with Gasteiger partial charge in [-0.25, -0.2) is 4.98 Å². The highest BCUT2D eigenvalue weighted by Gasteiger charge is 2.18. The number of rotatable bonds is 6. The second kappa shape index (κ2) is 8.02. The number of anilines is 1. The van der Waals surface area contributed by atoms with Crippen LogP contribution < -0.4 is 4.90 Å². The molecule has 1 fully saturated rings. The Balaban J connectivity index is 1.40. The number of hydrogen-bond acceptors (Lipinski definition) is 4. The van der Waals surface area contributed by atoms with Gasteiger partial charge < -0.3 is 4.90 Å². The van der Waals surface area contributed by atoms with E-state index >= 15 is 0 Å². The lowest BCUT2D eigenvalue weighted by Gasteiger charge is -2.35. The van der Waals surface area contributed by atoms with Crippen LogP contribution in [0.25, 0.3) is 0 Å². The Labute approximate surface area is 141 Å². The lowest BCUT2D eigenvalue weighted by Crippen LogP contribution is -2.47. The molecule has 0 spiro atoms. The molecule has 5 heteroatoms. The Morgan fingerprint density at radius 1 is 1.00 bits per heavy atom. The number of piperazine rings is 1. The van der Waals surface area contributed by atoms with E-state index in [1.807, 2.05) is 36.4 Å². The van der Waals surface area contributed by atoms with E-state index in [1.165, 1.54) is 6.07 Å². The van der Waals surface area contributed by atoms with E-state index in [9.17, 15) is 9.18 Å². The molecule has 0 radical (unpaired) electrons. The predicted molar refractivity (Wildman–Crippen MR) is 92.9 cm³/mol. The Morgan fingerprint density at radius 3 is 2.46 bits per heavy atom. The van der Waals surface area contributed by atoms with Crippen LogP contribution in [0.3, 0.4) is 0 Å². The maximum Gasteiger partial charge on any atom is 0.214 e. The van der Waals surface area contributed by atoms with Crippen molar-refractivity contribution in [2.75, 3.05) is 37.6 Å². The molecule has 0 saturated carbocycles. The highest BCUT2D eigenvalue weighted by molar-refractivity contribution is 5.95. The first-order valence-corrected chi connectivity index (χ1v) is 8.40. The number of nitrogens with zero attached hydrogens (tertiary/aromatic N) is 3. The van der Waals surface area contributed by atoms with Gasteiger partial charge in [0.1, 0.15) is 5.82 Å². The number of carbonyl (C=O) groups is 1. The lowest BCUT2D eigenvalue weighted by molar-refractivity contribution is 0.0974. The Hall–Kier alpha value is -2.27. The van der Waals surface area contributed by atoms with Crippen LogP contribution in [0.4, 0.5) is 10.2 Å². The summed E-state index contributed by atoms with van der Waals surface area (Å²) in [7, 11) is 0. The lowest BCUT2D eigenvalue weighted by atomic mass is 10.1. The van der Waals surface area contributed by atoms with Crippen LogP contribution in [0.2, 0.25) is 0 Å². The summed E-state index contributed by atoms with van der Waals surface area (Å²) in [6, 6.07) is 14.4. The molecule has 126 valence electrons. The van der Waals surface area contributed by atoms with Gasteiger partial charge in [-0.05, 0) is 25.1 Å². The summed E-state index contributed by atoms with van der Waals surface area (Å²) in [5, 5.41) is 0. The van der Waals surface area contributed by atoms with Gasteiger partial charge >= 0.3 is 0 Å². The van der Waals surface area contributed by atoms with E-state index in [-0.39, 0.29) is 5.78 Å². The number of benzene rings is 1. The third-order valence-corrected chi connectivity index (χ3v) is 4.37. The number of Topliss-reactive ketones (excluding diaryl/α,β-unsaturated/α-hetero) is 1. The van der Waals surface area contributed by atoms with Crippen molar-refractivity contribution in [1.82, 2.24) is 9.88 Å². The molecule has 1 aromatic carbocycles. The molecule has 1 aliphatic rings. The number of ketones is 1. The van der Waals surface area contributed by atoms with Gasteiger partial charge in [-0.1, -0.05) is 36.4 Å². The summed E-state index contributed by atoms with van der Waals surface area (Å²) in [6.45, 7) is 4.42. The summed E-state index contributed by atoms with van der Waals surface area (Å²) >= 11 is 0. The largest absolute Gasteiger partial charge is 0.354 e. The zero-order chi connectivity index (χ0) is 16.8. The topological polar surface area (TPSA) is 36.4 Å². The smallest absolute Gasteiger partial charge is 0.214 e. The van der Waals surface area contributed by atoms with Gasteiger partial charge in [-0.15, -0.1) is 0 Å². The zero-order valence-corrected chi connectivity index (χ0v) is 13.7. The fourth-order valence-electron chi connectivity index (χ4n) is 3.01. The fourth-order valence-corrected chi connectivity index (χ4v) is 3.01. The molecule has 0 bridgehead atoms. The van der Waals surface area contributed by atoms with Crippen LogP contribution in [-0.4, -0.2) is 48.4 Å². The van der Waals surface area contributed by atoms with Crippen LogP contribution in [-0.2, 0) is 0 Å². The van der Waals surface area contributed by atoms with Crippen LogP contribution in [0, 0.1) is 5.95 Å². The van der Waals surface area contributed by atoms with E-state index in [0.717, 1.165) is 44.7 Å². The summed E-state index contributed by atoms with van der Waals surface area (Å²) in [6.07, 6.45) is 1.45. The molecule has 0 aliphatic carbocycles. The molecule has 1 aliphatic heterocycles. The second-order valence-corrected chi connectivity index (χ2v) is 6.04. The molecule has 2 aromatic rings. The van der Waals surface area contributed by atoms with Crippen LogP contribution in [0.5, 0.6) is 0 Å². The fraction of sp³-hybridized carbons (Fsp3) is 0.368. The number of halogens is 1. The average Bonchev–Trinajstić information content (AvgIpc) is 2.63. The molecule has 4 nitrogen and oxygen atoms in total. The number of carbonyl (C=O) groups excluding carboxylic acids is 1. The van der Waals surface area contributed by atoms with Crippen molar-refractivity contribution < 1.29 is 9.18 Å². The first-order chi connectivity index (χ1) is 11.7. The van der Waals surface area contributed by atoms with Crippen molar-refractivity contribution >= 4 is 11.6 Å². The summed E-state index contributed by atoms with van der Waals surface area (Å²) in [5.74, 6) is 0.474. The van der Waals surface area contributed by atoms with Crippen molar-refractivity contribution in [2.45, 2.75) is 12.8 Å². The van der Waals surface area contributed by atoms with Gasteiger partial charge in [-0.3, -0.25) is 9.69 Å². The second-order valence-electron chi connectivity index (χ2n) is 6.04.